The van der Waals surface area contributed by atoms with Crippen molar-refractivity contribution in [2.75, 3.05) is 25.4 Å². The number of pyridine rings is 1. The lowest BCUT2D eigenvalue weighted by atomic mass is 9.96. The monoisotopic (exact) mass is 290 g/mol. The van der Waals surface area contributed by atoms with Crippen molar-refractivity contribution in [3.8, 4) is 0 Å². The van der Waals surface area contributed by atoms with Gasteiger partial charge < -0.3 is 21.1 Å². The van der Waals surface area contributed by atoms with Gasteiger partial charge >= 0.3 is 0 Å². The van der Waals surface area contributed by atoms with Crippen LogP contribution in [0.4, 0.5) is 5.82 Å². The Morgan fingerprint density at radius 2 is 2.14 bits per heavy atom. The summed E-state index contributed by atoms with van der Waals surface area (Å²) in [4.78, 5) is 18.8. The number of anilines is 1. The average Bonchev–Trinajstić information content (AvgIpc) is 2.95. The molecule has 0 spiro atoms. The van der Waals surface area contributed by atoms with Crippen molar-refractivity contribution in [2.45, 2.75) is 37.3 Å². The largest absolute Gasteiger partial charge is 0.384 e. The summed E-state index contributed by atoms with van der Waals surface area (Å²) < 4.78 is 5.74. The number of carbonyl (C=O) groups excluding carboxylic acids is 1. The number of nitrogen functional groups attached to an aromatic ring is 1. The summed E-state index contributed by atoms with van der Waals surface area (Å²) in [6.45, 7) is 1.59. The van der Waals surface area contributed by atoms with Crippen LogP contribution in [0.25, 0.3) is 0 Å². The quantitative estimate of drug-likeness (QED) is 0.841. The minimum Gasteiger partial charge on any atom is -0.384 e. The molecule has 1 aromatic heterocycles. The molecule has 3 rings (SSSR count). The van der Waals surface area contributed by atoms with E-state index >= 15 is 0 Å². The summed E-state index contributed by atoms with van der Waals surface area (Å²) in [5.74, 6) is 0.517. The number of rotatable bonds is 2. The van der Waals surface area contributed by atoms with Crippen LogP contribution in [0.3, 0.4) is 0 Å². The van der Waals surface area contributed by atoms with Crippen molar-refractivity contribution < 1.29 is 9.53 Å². The van der Waals surface area contributed by atoms with Crippen LogP contribution in [0.1, 0.15) is 37.5 Å². The fraction of sp³-hybridized carbons (Fsp3) is 0.600. The van der Waals surface area contributed by atoms with Crippen molar-refractivity contribution in [3.05, 3.63) is 23.9 Å². The van der Waals surface area contributed by atoms with Crippen molar-refractivity contribution in [3.63, 3.8) is 0 Å². The third kappa shape index (κ3) is 2.87. The van der Waals surface area contributed by atoms with Crippen LogP contribution >= 0.6 is 0 Å². The molecule has 1 saturated heterocycles. The van der Waals surface area contributed by atoms with Gasteiger partial charge in [-0.15, -0.1) is 0 Å². The summed E-state index contributed by atoms with van der Waals surface area (Å²) >= 11 is 0. The summed E-state index contributed by atoms with van der Waals surface area (Å²) in [5, 5.41) is 0. The van der Waals surface area contributed by atoms with Crippen LogP contribution in [0.15, 0.2) is 18.2 Å². The second-order valence-corrected chi connectivity index (χ2v) is 5.96. The maximum Gasteiger partial charge on any atom is 0.242 e. The van der Waals surface area contributed by atoms with Gasteiger partial charge in [0.1, 0.15) is 11.9 Å². The molecule has 114 valence electrons. The zero-order valence-electron chi connectivity index (χ0n) is 12.1. The number of hydrogen-bond donors (Lipinski definition) is 2. The van der Waals surface area contributed by atoms with Crippen LogP contribution in [-0.4, -0.2) is 41.0 Å². The van der Waals surface area contributed by atoms with Crippen molar-refractivity contribution in [1.29, 1.82) is 0 Å². The highest BCUT2D eigenvalue weighted by atomic mass is 16.5. The molecule has 1 amide bonds. The van der Waals surface area contributed by atoms with Crippen LogP contribution < -0.4 is 11.5 Å². The van der Waals surface area contributed by atoms with Crippen LogP contribution in [0.5, 0.6) is 0 Å². The van der Waals surface area contributed by atoms with Crippen LogP contribution in [-0.2, 0) is 9.53 Å². The van der Waals surface area contributed by atoms with Crippen LogP contribution in [0.2, 0.25) is 0 Å². The second-order valence-electron chi connectivity index (χ2n) is 5.96. The number of nitrogens with zero attached hydrogens (tertiary/aromatic N) is 2. The molecule has 4 N–H and O–H groups in total. The molecule has 1 atom stereocenters. The Morgan fingerprint density at radius 1 is 1.38 bits per heavy atom. The zero-order chi connectivity index (χ0) is 14.9. The number of nitrogens with two attached hydrogens (primary N) is 2. The Hall–Kier alpha value is -1.66. The molecule has 1 aliphatic carbocycles. The molecule has 1 saturated carbocycles. The van der Waals surface area contributed by atoms with Gasteiger partial charge in [0.15, 0.2) is 0 Å². The summed E-state index contributed by atoms with van der Waals surface area (Å²) in [6.07, 6.45) is 3.41. The molecule has 1 aromatic rings. The zero-order valence-corrected chi connectivity index (χ0v) is 12.1. The molecule has 6 nitrogen and oxygen atoms in total. The number of morpholine rings is 1. The van der Waals surface area contributed by atoms with E-state index in [1.54, 1.807) is 6.07 Å². The SMILES string of the molecule is Nc1cccc([C@H]2CN(C(=O)C3(N)CCCC3)CCO2)n1. The maximum absolute atomic E-state index is 12.7. The topological polar surface area (TPSA) is 94.5 Å². The maximum atomic E-state index is 12.7. The van der Waals surface area contributed by atoms with Gasteiger partial charge in [-0.1, -0.05) is 18.9 Å². The van der Waals surface area contributed by atoms with Crippen molar-refractivity contribution in [2.24, 2.45) is 5.73 Å². The number of aromatic nitrogens is 1. The predicted octanol–water partition coefficient (Wildman–Crippen LogP) is 0.835. The molecule has 6 heteroatoms. The van der Waals surface area contributed by atoms with E-state index in [9.17, 15) is 4.79 Å². The van der Waals surface area contributed by atoms with Gasteiger partial charge in [0, 0.05) is 6.54 Å². The summed E-state index contributed by atoms with van der Waals surface area (Å²) in [6, 6.07) is 5.47. The molecule has 2 fully saturated rings. The first kappa shape index (κ1) is 14.3. The molecule has 1 aliphatic heterocycles. The lowest BCUT2D eigenvalue weighted by Gasteiger charge is -2.37. The van der Waals surface area contributed by atoms with E-state index in [0.29, 0.717) is 25.5 Å². The van der Waals surface area contributed by atoms with E-state index in [1.807, 2.05) is 17.0 Å². The molecular weight excluding hydrogens is 268 g/mol. The molecule has 2 aliphatic rings. The smallest absolute Gasteiger partial charge is 0.242 e. The first-order valence-corrected chi connectivity index (χ1v) is 7.51. The third-order valence-corrected chi connectivity index (χ3v) is 4.40. The normalized spacial score (nSPS) is 25.0. The molecule has 0 bridgehead atoms. The number of hydrogen-bond acceptors (Lipinski definition) is 5. The van der Waals surface area contributed by atoms with Crippen molar-refractivity contribution in [1.82, 2.24) is 9.88 Å². The Labute approximate surface area is 124 Å². The Kier molecular flexibility index (Phi) is 3.82. The first-order chi connectivity index (χ1) is 10.1. The lowest BCUT2D eigenvalue weighted by molar-refractivity contribution is -0.144. The van der Waals surface area contributed by atoms with E-state index in [4.69, 9.17) is 16.2 Å². The van der Waals surface area contributed by atoms with E-state index in [-0.39, 0.29) is 12.0 Å². The summed E-state index contributed by atoms with van der Waals surface area (Å²) in [5.41, 5.74) is 12.1. The van der Waals surface area contributed by atoms with E-state index in [0.717, 1.165) is 31.4 Å². The van der Waals surface area contributed by atoms with Gasteiger partial charge in [-0.3, -0.25) is 4.79 Å². The van der Waals surface area contributed by atoms with Crippen molar-refractivity contribution >= 4 is 11.7 Å². The molecule has 21 heavy (non-hydrogen) atoms. The van der Waals surface area contributed by atoms with E-state index < -0.39 is 5.54 Å². The third-order valence-electron chi connectivity index (χ3n) is 4.40. The summed E-state index contributed by atoms with van der Waals surface area (Å²) in [7, 11) is 0. The highest BCUT2D eigenvalue weighted by molar-refractivity contribution is 5.86. The number of carbonyl (C=O) groups is 1. The van der Waals surface area contributed by atoms with Gasteiger partial charge in [0.05, 0.1) is 24.4 Å². The molecule has 0 aromatic carbocycles. The number of ether oxygens (including phenoxy) is 1. The predicted molar refractivity (Wildman–Crippen MR) is 79.3 cm³/mol. The fourth-order valence-electron chi connectivity index (χ4n) is 3.20. The standard InChI is InChI=1S/C15H22N4O2/c16-13-5-3-4-11(18-13)12-10-19(8-9-21-12)14(20)15(17)6-1-2-7-15/h3-5,12H,1-2,6-10,17H2,(H2,16,18)/t12-/m1/s1. The Bertz CT molecular complexity index is 528. The van der Waals surface area contributed by atoms with Gasteiger partial charge in [-0.25, -0.2) is 4.98 Å². The lowest BCUT2D eigenvalue weighted by Crippen LogP contribution is -2.56. The fourth-order valence-corrected chi connectivity index (χ4v) is 3.20. The van der Waals surface area contributed by atoms with Crippen LogP contribution in [0, 0.1) is 0 Å². The molecular formula is C15H22N4O2. The van der Waals surface area contributed by atoms with Gasteiger partial charge in [0.2, 0.25) is 5.91 Å². The van der Waals surface area contributed by atoms with Gasteiger partial charge in [-0.05, 0) is 25.0 Å². The van der Waals surface area contributed by atoms with E-state index in [2.05, 4.69) is 4.98 Å². The highest BCUT2D eigenvalue weighted by Gasteiger charge is 2.41. The first-order valence-electron chi connectivity index (χ1n) is 7.51. The van der Waals surface area contributed by atoms with Gasteiger partial charge in [-0.2, -0.15) is 0 Å². The highest BCUT2D eigenvalue weighted by Crippen LogP contribution is 2.31. The molecule has 2 heterocycles. The van der Waals surface area contributed by atoms with Gasteiger partial charge in [0.25, 0.3) is 0 Å². The molecule has 0 radical (unpaired) electrons. The minimum absolute atomic E-state index is 0.0530. The van der Waals surface area contributed by atoms with E-state index in [1.165, 1.54) is 0 Å². The Balaban J connectivity index is 1.72. The molecule has 0 unspecified atom stereocenters. The second kappa shape index (κ2) is 5.61. The Morgan fingerprint density at radius 3 is 2.86 bits per heavy atom. The number of amides is 1. The average molecular weight is 290 g/mol. The minimum atomic E-state index is -0.676.